The molecule has 0 fully saturated rings. The number of aromatic nitrogens is 2. The molecule has 0 unspecified atom stereocenters. The molecule has 1 aromatic rings. The topological polar surface area (TPSA) is 47.1 Å². The van der Waals surface area contributed by atoms with E-state index in [2.05, 4.69) is 23.8 Å². The minimum absolute atomic E-state index is 0.554. The van der Waals surface area contributed by atoms with Crippen molar-refractivity contribution in [1.29, 1.82) is 0 Å². The Hall–Kier alpha value is -0.650. The van der Waals surface area contributed by atoms with Crippen molar-refractivity contribution in [2.75, 3.05) is 13.1 Å². The molecule has 0 aliphatic heterocycles. The molecule has 0 bridgehead atoms. The van der Waals surface area contributed by atoms with Crippen LogP contribution < -0.4 is 5.73 Å². The first-order valence-electron chi connectivity index (χ1n) is 6.20. The van der Waals surface area contributed by atoms with E-state index in [4.69, 9.17) is 29.6 Å². The number of rotatable bonds is 7. The number of hydrogen-bond donors (Lipinski definition) is 1. The minimum Gasteiger partial charge on any atom is -0.393 e. The largest absolute Gasteiger partial charge is 0.393 e. The molecule has 2 N–H and O–H groups in total. The lowest BCUT2D eigenvalue weighted by molar-refractivity contribution is 0.281. The molecule has 1 heterocycles. The average molecular weight is 289 g/mol. The molecular weight excluding hydrogens is 268 g/mol. The maximum absolute atomic E-state index is 6.33. The molecule has 0 aromatic carbocycles. The van der Waals surface area contributed by atoms with Crippen molar-refractivity contribution in [3.05, 3.63) is 16.4 Å². The van der Waals surface area contributed by atoms with Crippen molar-refractivity contribution >= 4 is 28.8 Å². The number of nitrogens with two attached hydrogens (primary N) is 1. The molecular formula is C12H21ClN4S. The quantitative estimate of drug-likeness (QED) is 0.781. The second-order valence-electron chi connectivity index (χ2n) is 4.27. The van der Waals surface area contributed by atoms with Gasteiger partial charge in [0.05, 0.1) is 21.4 Å². The standard InChI is InChI=1S/C12H21ClN4S/c1-4-9-12(13)10(16(3)15-9)8-17(5-2)7-6-11(14)18/h4-8H2,1-3H3,(H2,14,18). The molecule has 0 atom stereocenters. The van der Waals surface area contributed by atoms with Crippen molar-refractivity contribution < 1.29 is 0 Å². The van der Waals surface area contributed by atoms with Gasteiger partial charge >= 0.3 is 0 Å². The third-order valence-corrected chi connectivity index (χ3v) is 3.64. The summed E-state index contributed by atoms with van der Waals surface area (Å²) in [6, 6.07) is 0. The molecule has 4 nitrogen and oxygen atoms in total. The van der Waals surface area contributed by atoms with Gasteiger partial charge in [-0.1, -0.05) is 37.7 Å². The third-order valence-electron chi connectivity index (χ3n) is 3.00. The lowest BCUT2D eigenvalue weighted by Crippen LogP contribution is -2.28. The summed E-state index contributed by atoms with van der Waals surface area (Å²) in [5.74, 6) is 0. The third kappa shape index (κ3) is 3.93. The molecule has 1 aromatic heterocycles. The first kappa shape index (κ1) is 15.4. The number of hydrogen-bond acceptors (Lipinski definition) is 3. The van der Waals surface area contributed by atoms with Crippen LogP contribution in [0.4, 0.5) is 0 Å². The van der Waals surface area contributed by atoms with E-state index in [-0.39, 0.29) is 0 Å². The van der Waals surface area contributed by atoms with Crippen molar-refractivity contribution in [2.45, 2.75) is 33.2 Å². The highest BCUT2D eigenvalue weighted by Crippen LogP contribution is 2.22. The smallest absolute Gasteiger partial charge is 0.0863 e. The molecule has 1 rings (SSSR count). The summed E-state index contributed by atoms with van der Waals surface area (Å²) in [5.41, 5.74) is 7.55. The summed E-state index contributed by atoms with van der Waals surface area (Å²) in [4.78, 5) is 2.82. The zero-order valence-electron chi connectivity index (χ0n) is 11.2. The van der Waals surface area contributed by atoms with E-state index in [9.17, 15) is 0 Å². The molecule has 0 radical (unpaired) electrons. The number of halogens is 1. The van der Waals surface area contributed by atoms with Crippen LogP contribution in [0.15, 0.2) is 0 Å². The summed E-state index contributed by atoms with van der Waals surface area (Å²) >= 11 is 11.2. The van der Waals surface area contributed by atoms with Gasteiger partial charge in [-0.25, -0.2) is 0 Å². The number of thiocarbonyl (C=S) groups is 1. The first-order chi connectivity index (χ1) is 8.49. The van der Waals surface area contributed by atoms with E-state index in [1.54, 1.807) is 0 Å². The molecule has 0 saturated carbocycles. The molecule has 102 valence electrons. The van der Waals surface area contributed by atoms with Gasteiger partial charge in [0.1, 0.15) is 0 Å². The average Bonchev–Trinajstić information content (AvgIpc) is 2.60. The maximum Gasteiger partial charge on any atom is 0.0863 e. The molecule has 0 aliphatic rings. The highest BCUT2D eigenvalue weighted by Gasteiger charge is 2.15. The molecule has 0 saturated heterocycles. The van der Waals surface area contributed by atoms with E-state index >= 15 is 0 Å². The van der Waals surface area contributed by atoms with Crippen LogP contribution in [0.1, 0.15) is 31.7 Å². The summed E-state index contributed by atoms with van der Waals surface area (Å²) in [6.45, 7) is 6.74. The van der Waals surface area contributed by atoms with E-state index < -0.39 is 0 Å². The van der Waals surface area contributed by atoms with Crippen LogP contribution in [0.5, 0.6) is 0 Å². The Morgan fingerprint density at radius 3 is 2.61 bits per heavy atom. The second-order valence-corrected chi connectivity index (χ2v) is 5.17. The molecule has 6 heteroatoms. The SMILES string of the molecule is CCc1nn(C)c(CN(CC)CCC(N)=S)c1Cl. The molecule has 0 aliphatic carbocycles. The van der Waals surface area contributed by atoms with Gasteiger partial charge in [-0.2, -0.15) is 5.10 Å². The van der Waals surface area contributed by atoms with Crippen LogP contribution in [0, 0.1) is 0 Å². The van der Waals surface area contributed by atoms with Gasteiger partial charge in [0, 0.05) is 26.6 Å². The van der Waals surface area contributed by atoms with Gasteiger partial charge in [0.2, 0.25) is 0 Å². The Balaban J connectivity index is 2.75. The van der Waals surface area contributed by atoms with E-state index in [1.165, 1.54) is 0 Å². The predicted molar refractivity (Wildman–Crippen MR) is 79.9 cm³/mol. The zero-order valence-corrected chi connectivity index (χ0v) is 12.8. The Kier molecular flexibility index (Phi) is 6.05. The van der Waals surface area contributed by atoms with Crippen molar-refractivity contribution in [1.82, 2.24) is 14.7 Å². The van der Waals surface area contributed by atoms with Crippen LogP contribution in [-0.2, 0) is 20.0 Å². The molecule has 0 spiro atoms. The summed E-state index contributed by atoms with van der Waals surface area (Å²) in [6.07, 6.45) is 1.59. The normalized spacial score (nSPS) is 11.2. The van der Waals surface area contributed by atoms with Crippen LogP contribution >= 0.6 is 23.8 Å². The van der Waals surface area contributed by atoms with Crippen LogP contribution in [0.2, 0.25) is 5.02 Å². The van der Waals surface area contributed by atoms with Gasteiger partial charge in [0.15, 0.2) is 0 Å². The van der Waals surface area contributed by atoms with Crippen molar-refractivity contribution in [3.8, 4) is 0 Å². The fraction of sp³-hybridized carbons (Fsp3) is 0.667. The Morgan fingerprint density at radius 2 is 2.17 bits per heavy atom. The highest BCUT2D eigenvalue weighted by molar-refractivity contribution is 7.80. The van der Waals surface area contributed by atoms with Gasteiger partial charge in [0.25, 0.3) is 0 Å². The first-order valence-corrected chi connectivity index (χ1v) is 6.99. The van der Waals surface area contributed by atoms with E-state index in [0.29, 0.717) is 4.99 Å². The minimum atomic E-state index is 0.554. The monoisotopic (exact) mass is 288 g/mol. The Bertz CT molecular complexity index is 416. The Morgan fingerprint density at radius 1 is 1.50 bits per heavy atom. The van der Waals surface area contributed by atoms with Crippen molar-refractivity contribution in [3.63, 3.8) is 0 Å². The summed E-state index contributed by atoms with van der Waals surface area (Å²) in [7, 11) is 1.93. The fourth-order valence-corrected chi connectivity index (χ4v) is 2.27. The van der Waals surface area contributed by atoms with E-state index in [1.807, 2.05) is 11.7 Å². The van der Waals surface area contributed by atoms with Gasteiger partial charge < -0.3 is 5.73 Å². The molecule has 0 amide bonds. The Labute approximate surface area is 119 Å². The lowest BCUT2D eigenvalue weighted by Gasteiger charge is -2.20. The predicted octanol–water partition coefficient (Wildman–Crippen LogP) is 2.13. The van der Waals surface area contributed by atoms with Crippen LogP contribution in [0.3, 0.4) is 0 Å². The highest BCUT2D eigenvalue weighted by atomic mass is 35.5. The molecule has 18 heavy (non-hydrogen) atoms. The summed E-state index contributed by atoms with van der Waals surface area (Å²) in [5, 5.41) is 5.20. The fourth-order valence-electron chi connectivity index (χ4n) is 1.82. The number of nitrogens with zero attached hydrogens (tertiary/aromatic N) is 3. The second kappa shape index (κ2) is 7.07. The van der Waals surface area contributed by atoms with E-state index in [0.717, 1.165) is 48.9 Å². The van der Waals surface area contributed by atoms with Gasteiger partial charge in [-0.15, -0.1) is 0 Å². The van der Waals surface area contributed by atoms with Crippen LogP contribution in [-0.4, -0.2) is 32.8 Å². The zero-order chi connectivity index (χ0) is 13.7. The van der Waals surface area contributed by atoms with Gasteiger partial charge in [-0.3, -0.25) is 9.58 Å². The number of aryl methyl sites for hydroxylation is 2. The summed E-state index contributed by atoms with van der Waals surface area (Å²) < 4.78 is 1.87. The lowest BCUT2D eigenvalue weighted by atomic mass is 10.2. The maximum atomic E-state index is 6.33. The van der Waals surface area contributed by atoms with Crippen molar-refractivity contribution in [2.24, 2.45) is 12.8 Å². The van der Waals surface area contributed by atoms with Crippen LogP contribution in [0.25, 0.3) is 0 Å². The van der Waals surface area contributed by atoms with Gasteiger partial charge in [-0.05, 0) is 13.0 Å².